The highest BCUT2D eigenvalue weighted by Gasteiger charge is 2.37. The molecule has 1 amide bonds. The van der Waals surface area contributed by atoms with Gasteiger partial charge >= 0.3 is 0 Å². The zero-order valence-electron chi connectivity index (χ0n) is 14.3. The Labute approximate surface area is 137 Å². The van der Waals surface area contributed by atoms with Crippen molar-refractivity contribution in [2.75, 3.05) is 5.73 Å². The second-order valence-corrected chi connectivity index (χ2v) is 7.90. The fourth-order valence-electron chi connectivity index (χ4n) is 3.59. The van der Waals surface area contributed by atoms with Crippen molar-refractivity contribution in [2.45, 2.75) is 51.4 Å². The van der Waals surface area contributed by atoms with Crippen LogP contribution in [0, 0.1) is 0 Å². The van der Waals surface area contributed by atoms with Crippen molar-refractivity contribution in [3.8, 4) is 11.3 Å². The van der Waals surface area contributed by atoms with Crippen LogP contribution < -0.4 is 11.5 Å². The van der Waals surface area contributed by atoms with Crippen LogP contribution >= 0.6 is 0 Å². The fourth-order valence-corrected chi connectivity index (χ4v) is 3.59. The summed E-state index contributed by atoms with van der Waals surface area (Å²) in [4.78, 5) is 14.5. The lowest BCUT2D eigenvalue weighted by Crippen LogP contribution is -2.33. The first-order valence-corrected chi connectivity index (χ1v) is 8.05. The second kappa shape index (κ2) is 4.88. The van der Waals surface area contributed by atoms with E-state index in [2.05, 4.69) is 50.9 Å². The van der Waals surface area contributed by atoms with E-state index in [9.17, 15) is 4.79 Å². The van der Waals surface area contributed by atoms with Gasteiger partial charge in [0.05, 0.1) is 5.56 Å². The Balaban J connectivity index is 2.14. The molecule has 4 nitrogen and oxygen atoms in total. The molecule has 1 heterocycles. The predicted octanol–water partition coefficient (Wildman–Crippen LogP) is 3.71. The minimum absolute atomic E-state index is 0.144. The van der Waals surface area contributed by atoms with E-state index in [1.165, 1.54) is 17.5 Å². The summed E-state index contributed by atoms with van der Waals surface area (Å²) in [7, 11) is 0. The molecule has 1 aromatic carbocycles. The van der Waals surface area contributed by atoms with E-state index in [-0.39, 0.29) is 10.8 Å². The summed E-state index contributed by atoms with van der Waals surface area (Å²) < 4.78 is 0. The molecule has 0 fully saturated rings. The van der Waals surface area contributed by atoms with E-state index in [1.807, 2.05) is 0 Å². The number of carbonyl (C=O) groups excluding carboxylic acids is 1. The van der Waals surface area contributed by atoms with Crippen LogP contribution in [0.4, 0.5) is 5.82 Å². The number of nitrogens with two attached hydrogens (primary N) is 2. The number of H-pyrrole nitrogens is 1. The zero-order chi connectivity index (χ0) is 17.0. The van der Waals surface area contributed by atoms with Crippen LogP contribution in [0.15, 0.2) is 24.3 Å². The number of primary amides is 1. The summed E-state index contributed by atoms with van der Waals surface area (Å²) in [5.41, 5.74) is 16.5. The van der Waals surface area contributed by atoms with Gasteiger partial charge in [-0.2, -0.15) is 0 Å². The third kappa shape index (κ3) is 2.52. The van der Waals surface area contributed by atoms with Crippen LogP contribution in [0.2, 0.25) is 0 Å². The first-order chi connectivity index (χ1) is 10.6. The molecule has 1 aliphatic carbocycles. The maximum absolute atomic E-state index is 11.4. The fraction of sp³-hybridized carbons (Fsp3) is 0.421. The molecule has 0 unspecified atom stereocenters. The van der Waals surface area contributed by atoms with Crippen LogP contribution in [0.25, 0.3) is 11.3 Å². The number of hydrogen-bond acceptors (Lipinski definition) is 2. The molecule has 2 aromatic rings. The number of nitrogens with one attached hydrogen (secondary N) is 1. The van der Waals surface area contributed by atoms with Gasteiger partial charge in [-0.05, 0) is 52.5 Å². The number of fused-ring (bicyclic) bond motifs is 1. The van der Waals surface area contributed by atoms with E-state index in [1.54, 1.807) is 6.07 Å². The largest absolute Gasteiger partial charge is 0.385 e. The van der Waals surface area contributed by atoms with E-state index >= 15 is 0 Å². The average Bonchev–Trinajstić information content (AvgIpc) is 2.86. The van der Waals surface area contributed by atoms with Crippen molar-refractivity contribution in [1.82, 2.24) is 4.98 Å². The second-order valence-electron chi connectivity index (χ2n) is 7.90. The highest BCUT2D eigenvalue weighted by atomic mass is 16.1. The van der Waals surface area contributed by atoms with Gasteiger partial charge in [0.2, 0.25) is 0 Å². The molecule has 1 aliphatic rings. The van der Waals surface area contributed by atoms with Crippen LogP contribution in [-0.2, 0) is 10.8 Å². The molecule has 23 heavy (non-hydrogen) atoms. The number of aromatic nitrogens is 1. The van der Waals surface area contributed by atoms with Crippen LogP contribution in [0.1, 0.15) is 62.0 Å². The van der Waals surface area contributed by atoms with Gasteiger partial charge in [0.25, 0.3) is 5.91 Å². The van der Waals surface area contributed by atoms with Gasteiger partial charge < -0.3 is 16.5 Å². The normalized spacial score (nSPS) is 18.4. The molecule has 0 saturated heterocycles. The summed E-state index contributed by atoms with van der Waals surface area (Å²) in [6.45, 7) is 9.20. The Morgan fingerprint density at radius 3 is 2.22 bits per heavy atom. The number of carbonyl (C=O) groups is 1. The van der Waals surface area contributed by atoms with Crippen molar-refractivity contribution >= 4 is 11.7 Å². The molecule has 0 bridgehead atoms. The first-order valence-electron chi connectivity index (χ1n) is 8.05. The summed E-state index contributed by atoms with van der Waals surface area (Å²) >= 11 is 0. The summed E-state index contributed by atoms with van der Waals surface area (Å²) in [5.74, 6) is -0.186. The van der Waals surface area contributed by atoms with Gasteiger partial charge in [-0.1, -0.05) is 39.8 Å². The summed E-state index contributed by atoms with van der Waals surface area (Å²) in [6.07, 6.45) is 2.35. The topological polar surface area (TPSA) is 84.9 Å². The van der Waals surface area contributed by atoms with Crippen LogP contribution in [0.3, 0.4) is 0 Å². The number of nitrogen functional groups attached to an aromatic ring is 1. The number of anilines is 1. The van der Waals surface area contributed by atoms with Gasteiger partial charge in [0.1, 0.15) is 5.82 Å². The summed E-state index contributed by atoms with van der Waals surface area (Å²) in [5, 5.41) is 0. The van der Waals surface area contributed by atoms with Crippen molar-refractivity contribution in [3.63, 3.8) is 0 Å². The maximum atomic E-state index is 11.4. The minimum Gasteiger partial charge on any atom is -0.385 e. The molecule has 5 N–H and O–H groups in total. The SMILES string of the molecule is CC1(C)CCC(C)(C)c2cc(-c3cc(C(N)=O)c(N)[nH]3)ccc21. The van der Waals surface area contributed by atoms with Crippen molar-refractivity contribution < 1.29 is 4.79 Å². The molecule has 0 atom stereocenters. The van der Waals surface area contributed by atoms with Crippen molar-refractivity contribution in [2.24, 2.45) is 5.73 Å². The Hall–Kier alpha value is -2.23. The highest BCUT2D eigenvalue weighted by Crippen LogP contribution is 2.46. The zero-order valence-corrected chi connectivity index (χ0v) is 14.3. The van der Waals surface area contributed by atoms with Crippen molar-refractivity contribution in [3.05, 3.63) is 41.0 Å². The Kier molecular flexibility index (Phi) is 3.32. The van der Waals surface area contributed by atoms with Crippen LogP contribution in [-0.4, -0.2) is 10.9 Å². The molecule has 0 aliphatic heterocycles. The van der Waals surface area contributed by atoms with Crippen molar-refractivity contribution in [1.29, 1.82) is 0 Å². The monoisotopic (exact) mass is 311 g/mol. The summed E-state index contributed by atoms with van der Waals surface area (Å²) in [6, 6.07) is 8.28. The molecular weight excluding hydrogens is 286 g/mol. The number of hydrogen-bond donors (Lipinski definition) is 3. The lowest BCUT2D eigenvalue weighted by Gasteiger charge is -2.42. The molecular formula is C19H25N3O. The number of amides is 1. The van der Waals surface area contributed by atoms with Gasteiger partial charge in [-0.3, -0.25) is 4.79 Å². The quantitative estimate of drug-likeness (QED) is 0.789. The van der Waals surface area contributed by atoms with Gasteiger partial charge in [-0.15, -0.1) is 0 Å². The molecule has 1 aromatic heterocycles. The standard InChI is InChI=1S/C19H25N3O/c1-18(2)7-8-19(3,4)14-9-11(5-6-13(14)18)15-10-12(17(21)23)16(20)22-15/h5-6,9-10,22H,7-8,20H2,1-4H3,(H2,21,23). The Morgan fingerprint density at radius 1 is 1.04 bits per heavy atom. The average molecular weight is 311 g/mol. The lowest BCUT2D eigenvalue weighted by atomic mass is 9.63. The van der Waals surface area contributed by atoms with Gasteiger partial charge in [0.15, 0.2) is 0 Å². The molecule has 4 heteroatoms. The van der Waals surface area contributed by atoms with E-state index in [0.29, 0.717) is 11.4 Å². The third-order valence-electron chi connectivity index (χ3n) is 5.28. The van der Waals surface area contributed by atoms with E-state index in [4.69, 9.17) is 11.5 Å². The number of aromatic amines is 1. The maximum Gasteiger partial charge on any atom is 0.252 e. The smallest absolute Gasteiger partial charge is 0.252 e. The molecule has 0 radical (unpaired) electrons. The lowest BCUT2D eigenvalue weighted by molar-refractivity contribution is 0.100. The highest BCUT2D eigenvalue weighted by molar-refractivity contribution is 5.99. The molecule has 122 valence electrons. The molecule has 0 saturated carbocycles. The number of benzene rings is 1. The number of rotatable bonds is 2. The van der Waals surface area contributed by atoms with Gasteiger partial charge in [0, 0.05) is 5.69 Å². The van der Waals surface area contributed by atoms with Gasteiger partial charge in [-0.25, -0.2) is 0 Å². The Morgan fingerprint density at radius 2 is 1.65 bits per heavy atom. The molecule has 0 spiro atoms. The minimum atomic E-state index is -0.510. The Bertz CT molecular complexity index is 784. The third-order valence-corrected chi connectivity index (χ3v) is 5.28. The van der Waals surface area contributed by atoms with E-state index < -0.39 is 5.91 Å². The van der Waals surface area contributed by atoms with Crippen LogP contribution in [0.5, 0.6) is 0 Å². The molecule has 3 rings (SSSR count). The predicted molar refractivity (Wildman–Crippen MR) is 94.4 cm³/mol. The van der Waals surface area contributed by atoms with E-state index in [0.717, 1.165) is 17.7 Å². The first kappa shape index (κ1) is 15.7.